The van der Waals surface area contributed by atoms with Crippen LogP contribution in [0.25, 0.3) is 0 Å². The molecule has 3 rings (SSSR count). The van der Waals surface area contributed by atoms with Crippen molar-refractivity contribution in [2.24, 2.45) is 0 Å². The molecule has 0 unspecified atom stereocenters. The van der Waals surface area contributed by atoms with Crippen molar-refractivity contribution in [3.63, 3.8) is 0 Å². The van der Waals surface area contributed by atoms with E-state index in [2.05, 4.69) is 19.2 Å². The first-order chi connectivity index (χ1) is 12.0. The lowest BCUT2D eigenvalue weighted by Crippen LogP contribution is -2.21. The maximum absolute atomic E-state index is 14.0. The summed E-state index contributed by atoms with van der Waals surface area (Å²) in [5, 5.41) is 2.50. The van der Waals surface area contributed by atoms with Crippen LogP contribution in [0.15, 0.2) is 36.4 Å². The first kappa shape index (κ1) is 18.4. The molecule has 1 aliphatic carbocycles. The predicted octanol–water partition coefficient (Wildman–Crippen LogP) is 5.88. The molecular weight excluding hydrogens is 346 g/mol. The van der Waals surface area contributed by atoms with Gasteiger partial charge in [-0.3, -0.25) is 4.79 Å². The lowest BCUT2D eigenvalue weighted by atomic mass is 9.86. The van der Waals surface area contributed by atoms with Crippen LogP contribution in [0.5, 0.6) is 0 Å². The third kappa shape index (κ3) is 3.08. The molecule has 0 saturated heterocycles. The van der Waals surface area contributed by atoms with Crippen molar-refractivity contribution in [1.29, 1.82) is 0 Å². The van der Waals surface area contributed by atoms with Crippen LogP contribution >= 0.6 is 0 Å². The summed E-state index contributed by atoms with van der Waals surface area (Å²) in [5.41, 5.74) is 0.0218. The van der Waals surface area contributed by atoms with Crippen molar-refractivity contribution >= 4 is 11.6 Å². The highest BCUT2D eigenvalue weighted by molar-refractivity contribution is 6.06. The van der Waals surface area contributed by atoms with Crippen LogP contribution in [0.1, 0.15) is 60.2 Å². The van der Waals surface area contributed by atoms with Gasteiger partial charge in [0, 0.05) is 5.69 Å². The van der Waals surface area contributed by atoms with Gasteiger partial charge < -0.3 is 5.32 Å². The van der Waals surface area contributed by atoms with Gasteiger partial charge in [-0.05, 0) is 47.1 Å². The van der Waals surface area contributed by atoms with Gasteiger partial charge in [0.2, 0.25) is 0 Å². The molecule has 0 spiro atoms. The number of carbonyl (C=O) groups excluding carboxylic acids is 1. The minimum Gasteiger partial charge on any atom is -0.322 e. The largest absolute Gasteiger partial charge is 0.417 e. The molecule has 0 fully saturated rings. The van der Waals surface area contributed by atoms with Gasteiger partial charge in [0.1, 0.15) is 5.82 Å². The molecule has 2 aromatic carbocycles. The van der Waals surface area contributed by atoms with Crippen LogP contribution in [0.3, 0.4) is 0 Å². The Morgan fingerprint density at radius 3 is 2.46 bits per heavy atom. The number of carbonyl (C=O) groups is 1. The molecule has 138 valence electrons. The molecule has 0 aromatic heterocycles. The Kier molecular flexibility index (Phi) is 4.33. The zero-order valence-electron chi connectivity index (χ0n) is 14.7. The molecule has 1 N–H and O–H groups in total. The van der Waals surface area contributed by atoms with Crippen LogP contribution in [0, 0.1) is 5.82 Å². The number of fused-ring (bicyclic) bond motifs is 1. The summed E-state index contributed by atoms with van der Waals surface area (Å²) in [7, 11) is 0. The molecule has 0 saturated carbocycles. The van der Waals surface area contributed by atoms with Crippen LogP contribution in [0.2, 0.25) is 0 Å². The first-order valence-electron chi connectivity index (χ1n) is 8.33. The predicted molar refractivity (Wildman–Crippen MR) is 91.9 cm³/mol. The Morgan fingerprint density at radius 2 is 1.81 bits per heavy atom. The second kappa shape index (κ2) is 6.11. The molecule has 0 aliphatic heterocycles. The van der Waals surface area contributed by atoms with Gasteiger partial charge in [-0.1, -0.05) is 39.0 Å². The van der Waals surface area contributed by atoms with E-state index in [1.54, 1.807) is 12.1 Å². The SMILES string of the molecule is C[C@H]1CC(C)(C)c2cccc(NC(=O)c3c(F)cccc3C(F)(F)F)c21. The molecule has 0 radical (unpaired) electrons. The molecule has 2 aromatic rings. The van der Waals surface area contributed by atoms with E-state index < -0.39 is 29.0 Å². The minimum absolute atomic E-state index is 0.0926. The molecule has 1 amide bonds. The van der Waals surface area contributed by atoms with Crippen LogP contribution < -0.4 is 5.32 Å². The van der Waals surface area contributed by atoms with Crippen molar-refractivity contribution in [3.8, 4) is 0 Å². The van der Waals surface area contributed by atoms with E-state index in [1.165, 1.54) is 0 Å². The Bertz CT molecular complexity index is 871. The van der Waals surface area contributed by atoms with Gasteiger partial charge in [0.25, 0.3) is 5.91 Å². The monoisotopic (exact) mass is 365 g/mol. The van der Waals surface area contributed by atoms with Crippen molar-refractivity contribution in [3.05, 3.63) is 64.5 Å². The summed E-state index contributed by atoms with van der Waals surface area (Å²) < 4.78 is 53.5. The number of benzene rings is 2. The maximum Gasteiger partial charge on any atom is 0.417 e. The molecule has 1 aliphatic rings. The van der Waals surface area contributed by atoms with Crippen LogP contribution in [0.4, 0.5) is 23.2 Å². The number of halogens is 4. The van der Waals surface area contributed by atoms with Crippen LogP contribution in [-0.4, -0.2) is 5.91 Å². The van der Waals surface area contributed by atoms with Gasteiger partial charge in [-0.25, -0.2) is 4.39 Å². The summed E-state index contributed by atoms with van der Waals surface area (Å²) in [4.78, 5) is 12.5. The molecular formula is C20H19F4NO. The minimum atomic E-state index is -4.82. The summed E-state index contributed by atoms with van der Waals surface area (Å²) >= 11 is 0. The van der Waals surface area contributed by atoms with Crippen LogP contribution in [-0.2, 0) is 11.6 Å². The molecule has 0 bridgehead atoms. The van der Waals surface area contributed by atoms with Crippen molar-refractivity contribution < 1.29 is 22.4 Å². The Morgan fingerprint density at radius 1 is 1.15 bits per heavy atom. The fourth-order valence-corrected chi connectivity index (χ4v) is 3.95. The number of rotatable bonds is 2. The van der Waals surface area contributed by atoms with Gasteiger partial charge >= 0.3 is 6.18 Å². The van der Waals surface area contributed by atoms with E-state index in [4.69, 9.17) is 0 Å². The third-order valence-electron chi connectivity index (χ3n) is 4.94. The van der Waals surface area contributed by atoms with Gasteiger partial charge in [0.05, 0.1) is 11.1 Å². The highest BCUT2D eigenvalue weighted by atomic mass is 19.4. The first-order valence-corrected chi connectivity index (χ1v) is 8.33. The molecule has 26 heavy (non-hydrogen) atoms. The van der Waals surface area contributed by atoms with Crippen molar-refractivity contribution in [2.45, 2.75) is 44.7 Å². The standard InChI is InChI=1S/C20H19F4NO/c1-11-10-19(2,3)12-6-5-9-15(16(11)12)25-18(26)17-13(20(22,23)24)7-4-8-14(17)21/h4-9,11H,10H2,1-3H3,(H,25,26)/t11-/m0/s1. The third-order valence-corrected chi connectivity index (χ3v) is 4.94. The molecule has 1 atom stereocenters. The smallest absolute Gasteiger partial charge is 0.322 e. The molecule has 0 heterocycles. The molecule has 6 heteroatoms. The van der Waals surface area contributed by atoms with Crippen molar-refractivity contribution in [1.82, 2.24) is 0 Å². The van der Waals surface area contributed by atoms with Crippen molar-refractivity contribution in [2.75, 3.05) is 5.32 Å². The number of anilines is 1. The fourth-order valence-electron chi connectivity index (χ4n) is 3.95. The second-order valence-corrected chi connectivity index (χ2v) is 7.37. The van der Waals surface area contributed by atoms with E-state index in [0.29, 0.717) is 11.8 Å². The summed E-state index contributed by atoms with van der Waals surface area (Å²) in [5.74, 6) is -2.15. The Balaban J connectivity index is 2.03. The highest BCUT2D eigenvalue weighted by Crippen LogP contribution is 2.48. The summed E-state index contributed by atoms with van der Waals surface area (Å²) in [6, 6.07) is 7.85. The van der Waals surface area contributed by atoms with E-state index in [-0.39, 0.29) is 11.3 Å². The summed E-state index contributed by atoms with van der Waals surface area (Å²) in [6.45, 7) is 6.17. The van der Waals surface area contributed by atoms with E-state index in [1.807, 2.05) is 13.0 Å². The average molecular weight is 365 g/mol. The second-order valence-electron chi connectivity index (χ2n) is 7.37. The fraction of sp³-hybridized carbons (Fsp3) is 0.350. The van der Waals surface area contributed by atoms with Gasteiger partial charge in [-0.15, -0.1) is 0 Å². The Labute approximate surface area is 149 Å². The maximum atomic E-state index is 14.0. The zero-order valence-corrected chi connectivity index (χ0v) is 14.7. The number of amides is 1. The van der Waals surface area contributed by atoms with Gasteiger partial charge in [-0.2, -0.15) is 13.2 Å². The topological polar surface area (TPSA) is 29.1 Å². The van der Waals surface area contributed by atoms with E-state index in [9.17, 15) is 22.4 Å². The lowest BCUT2D eigenvalue weighted by molar-refractivity contribution is -0.138. The van der Waals surface area contributed by atoms with E-state index in [0.717, 1.165) is 29.7 Å². The normalized spacial score (nSPS) is 18.5. The quantitative estimate of drug-likeness (QED) is 0.662. The lowest BCUT2D eigenvalue weighted by Gasteiger charge is -2.19. The molecule has 2 nitrogen and oxygen atoms in total. The number of alkyl halides is 3. The zero-order chi connectivity index (χ0) is 19.3. The van der Waals surface area contributed by atoms with E-state index >= 15 is 0 Å². The average Bonchev–Trinajstić information content (AvgIpc) is 2.76. The number of nitrogens with one attached hydrogen (secondary N) is 1. The number of hydrogen-bond acceptors (Lipinski definition) is 1. The van der Waals surface area contributed by atoms with Gasteiger partial charge in [0.15, 0.2) is 0 Å². The number of hydrogen-bond donors (Lipinski definition) is 1. The highest BCUT2D eigenvalue weighted by Gasteiger charge is 2.38. The Hall–Kier alpha value is -2.37. The summed E-state index contributed by atoms with van der Waals surface area (Å²) in [6.07, 6.45) is -3.95.